The summed E-state index contributed by atoms with van der Waals surface area (Å²) in [5.74, 6) is -0.482. The minimum Gasteiger partial charge on any atom is -0.294 e. The van der Waals surface area contributed by atoms with Crippen molar-refractivity contribution in [3.05, 3.63) is 79.8 Å². The number of nitrogens with zero attached hydrogens (tertiary/aromatic N) is 1. The van der Waals surface area contributed by atoms with Crippen molar-refractivity contribution < 1.29 is 9.72 Å². The monoisotopic (exact) mass is 459 g/mol. The van der Waals surface area contributed by atoms with Crippen LogP contribution in [0.15, 0.2) is 53.0 Å². The normalized spacial score (nSPS) is 11.9. The van der Waals surface area contributed by atoms with Crippen molar-refractivity contribution in [1.82, 2.24) is 0 Å². The van der Waals surface area contributed by atoms with Crippen molar-refractivity contribution in [2.45, 2.75) is 64.2 Å². The lowest BCUT2D eigenvalue weighted by Gasteiger charge is -2.13. The summed E-state index contributed by atoms with van der Waals surface area (Å²) in [6, 6.07) is 15.1. The molecule has 1 atom stereocenters. The summed E-state index contributed by atoms with van der Waals surface area (Å²) in [5, 5.41) is 11.2. The van der Waals surface area contributed by atoms with Crippen LogP contribution in [0, 0.1) is 10.1 Å². The van der Waals surface area contributed by atoms with Gasteiger partial charge in [-0.05, 0) is 36.1 Å². The Bertz CT molecular complexity index is 772. The van der Waals surface area contributed by atoms with E-state index in [4.69, 9.17) is 0 Å². The van der Waals surface area contributed by atoms with Crippen LogP contribution in [0.2, 0.25) is 0 Å². The number of carbonyl (C=O) groups is 1. The Balaban J connectivity index is 1.96. The molecule has 0 aliphatic rings. The van der Waals surface area contributed by atoms with Crippen LogP contribution >= 0.6 is 15.9 Å². The van der Waals surface area contributed by atoms with E-state index in [0.29, 0.717) is 5.56 Å². The van der Waals surface area contributed by atoms with Crippen LogP contribution < -0.4 is 0 Å². The molecule has 0 aromatic heterocycles. The first kappa shape index (κ1) is 23.3. The fourth-order valence-electron chi connectivity index (χ4n) is 3.51. The molecule has 0 radical (unpaired) electrons. The Morgan fingerprint density at radius 2 is 1.59 bits per heavy atom. The first-order valence-electron chi connectivity index (χ1n) is 10.5. The molecule has 29 heavy (non-hydrogen) atoms. The van der Waals surface area contributed by atoms with Gasteiger partial charge in [-0.2, -0.15) is 0 Å². The van der Waals surface area contributed by atoms with Crippen LogP contribution in [0.1, 0.15) is 79.3 Å². The van der Waals surface area contributed by atoms with E-state index < -0.39 is 5.92 Å². The van der Waals surface area contributed by atoms with Gasteiger partial charge in [0.15, 0.2) is 5.78 Å². The highest BCUT2D eigenvalue weighted by Crippen LogP contribution is 2.24. The fraction of sp³-hybridized carbons (Fsp3) is 0.458. The van der Waals surface area contributed by atoms with Crippen molar-refractivity contribution in [3.8, 4) is 0 Å². The smallest absolute Gasteiger partial charge is 0.211 e. The van der Waals surface area contributed by atoms with Gasteiger partial charge in [-0.1, -0.05) is 91.4 Å². The molecule has 4 nitrogen and oxygen atoms in total. The molecule has 2 aromatic rings. The molecule has 0 saturated heterocycles. The van der Waals surface area contributed by atoms with E-state index in [1.807, 2.05) is 24.3 Å². The molecule has 1 unspecified atom stereocenters. The zero-order valence-corrected chi connectivity index (χ0v) is 18.7. The lowest BCUT2D eigenvalue weighted by molar-refractivity contribution is -0.483. The Labute approximate surface area is 182 Å². The summed E-state index contributed by atoms with van der Waals surface area (Å²) in [6.45, 7) is 1.99. The summed E-state index contributed by atoms with van der Waals surface area (Å²) in [7, 11) is 0. The molecule has 0 amide bonds. The second-order valence-electron chi connectivity index (χ2n) is 7.61. The predicted octanol–water partition coefficient (Wildman–Crippen LogP) is 6.99. The Morgan fingerprint density at radius 1 is 0.966 bits per heavy atom. The van der Waals surface area contributed by atoms with Gasteiger partial charge in [0.05, 0.1) is 5.92 Å². The highest BCUT2D eigenvalue weighted by atomic mass is 79.9. The SMILES string of the molecule is CCCCCCCCc1ccc(C(CC(=O)c2ccc(Br)cc2)C[N+](=O)[O-])cc1. The molecule has 5 heteroatoms. The third-order valence-corrected chi connectivity index (χ3v) is 5.77. The largest absolute Gasteiger partial charge is 0.294 e. The van der Waals surface area contributed by atoms with Crippen LogP contribution in [0.25, 0.3) is 0 Å². The van der Waals surface area contributed by atoms with E-state index in [-0.39, 0.29) is 23.7 Å². The summed E-state index contributed by atoms with van der Waals surface area (Å²) in [4.78, 5) is 23.4. The van der Waals surface area contributed by atoms with Crippen LogP contribution in [0.4, 0.5) is 0 Å². The quantitative estimate of drug-likeness (QED) is 0.140. The van der Waals surface area contributed by atoms with E-state index in [1.165, 1.54) is 44.1 Å². The number of carbonyl (C=O) groups excluding carboxylic acids is 1. The molecule has 0 N–H and O–H groups in total. The minimum atomic E-state index is -0.413. The highest BCUT2D eigenvalue weighted by Gasteiger charge is 2.22. The zero-order valence-electron chi connectivity index (χ0n) is 17.1. The van der Waals surface area contributed by atoms with Crippen LogP contribution in [-0.4, -0.2) is 17.3 Å². The maximum atomic E-state index is 12.6. The summed E-state index contributed by atoms with van der Waals surface area (Å²) in [6.07, 6.45) is 8.75. The number of halogens is 1. The van der Waals surface area contributed by atoms with Crippen molar-refractivity contribution in [1.29, 1.82) is 0 Å². The van der Waals surface area contributed by atoms with Gasteiger partial charge in [0.25, 0.3) is 0 Å². The second-order valence-corrected chi connectivity index (χ2v) is 8.52. The average Bonchev–Trinajstić information content (AvgIpc) is 2.70. The number of Topliss-reactive ketones (excluding diaryl/α,β-unsaturated/α-hetero) is 1. The molecule has 2 rings (SSSR count). The van der Waals surface area contributed by atoms with Gasteiger partial charge in [-0.3, -0.25) is 14.9 Å². The second kappa shape index (κ2) is 12.5. The van der Waals surface area contributed by atoms with Crippen LogP contribution in [-0.2, 0) is 6.42 Å². The van der Waals surface area contributed by atoms with Crippen LogP contribution in [0.5, 0.6) is 0 Å². The summed E-state index contributed by atoms with van der Waals surface area (Å²) < 4.78 is 0.900. The zero-order chi connectivity index (χ0) is 21.1. The van der Waals surface area contributed by atoms with Gasteiger partial charge in [0.1, 0.15) is 0 Å². The van der Waals surface area contributed by atoms with Gasteiger partial charge in [-0.15, -0.1) is 0 Å². The first-order valence-corrected chi connectivity index (χ1v) is 11.3. The van der Waals surface area contributed by atoms with Crippen molar-refractivity contribution in [3.63, 3.8) is 0 Å². The molecule has 0 bridgehead atoms. The summed E-state index contributed by atoms with van der Waals surface area (Å²) in [5.41, 5.74) is 2.70. The van der Waals surface area contributed by atoms with Gasteiger partial charge in [0.2, 0.25) is 6.54 Å². The molecule has 0 fully saturated rings. The molecular formula is C24H30BrNO3. The lowest BCUT2D eigenvalue weighted by atomic mass is 9.90. The predicted molar refractivity (Wildman–Crippen MR) is 121 cm³/mol. The van der Waals surface area contributed by atoms with Gasteiger partial charge < -0.3 is 0 Å². The average molecular weight is 460 g/mol. The van der Waals surface area contributed by atoms with E-state index in [1.54, 1.807) is 12.1 Å². The van der Waals surface area contributed by atoms with Gasteiger partial charge in [-0.25, -0.2) is 0 Å². The fourth-order valence-corrected chi connectivity index (χ4v) is 3.78. The number of nitro groups is 1. The first-order chi connectivity index (χ1) is 14.0. The van der Waals surface area contributed by atoms with Gasteiger partial charge >= 0.3 is 0 Å². The van der Waals surface area contributed by atoms with E-state index in [0.717, 1.165) is 16.5 Å². The third-order valence-electron chi connectivity index (χ3n) is 5.24. The molecule has 0 spiro atoms. The highest BCUT2D eigenvalue weighted by molar-refractivity contribution is 9.10. The third kappa shape index (κ3) is 8.48. The number of ketones is 1. The summed E-state index contributed by atoms with van der Waals surface area (Å²) >= 11 is 3.35. The molecule has 0 aliphatic heterocycles. The number of hydrogen-bond acceptors (Lipinski definition) is 3. The van der Waals surface area contributed by atoms with Crippen molar-refractivity contribution in [2.24, 2.45) is 0 Å². The molecule has 0 aliphatic carbocycles. The lowest BCUT2D eigenvalue weighted by Crippen LogP contribution is -2.16. The van der Waals surface area contributed by atoms with E-state index in [9.17, 15) is 14.9 Å². The molecule has 0 saturated carbocycles. The topological polar surface area (TPSA) is 60.2 Å². The molecule has 0 heterocycles. The van der Waals surface area contributed by atoms with Crippen LogP contribution in [0.3, 0.4) is 0 Å². The number of rotatable bonds is 13. The van der Waals surface area contributed by atoms with E-state index in [2.05, 4.69) is 35.0 Å². The number of hydrogen-bond donors (Lipinski definition) is 0. The Hall–Kier alpha value is -2.01. The Kier molecular flexibility index (Phi) is 10.1. The number of unbranched alkanes of at least 4 members (excludes halogenated alkanes) is 5. The maximum Gasteiger partial charge on any atom is 0.211 e. The molecule has 2 aromatic carbocycles. The molecule has 156 valence electrons. The van der Waals surface area contributed by atoms with Crippen molar-refractivity contribution in [2.75, 3.05) is 6.54 Å². The Morgan fingerprint density at radius 3 is 2.21 bits per heavy atom. The molecular weight excluding hydrogens is 430 g/mol. The van der Waals surface area contributed by atoms with E-state index >= 15 is 0 Å². The van der Waals surface area contributed by atoms with Crippen molar-refractivity contribution >= 4 is 21.7 Å². The number of benzene rings is 2. The number of aryl methyl sites for hydroxylation is 1. The maximum absolute atomic E-state index is 12.6. The van der Waals surface area contributed by atoms with Gasteiger partial charge in [0, 0.05) is 21.4 Å². The standard InChI is InChI=1S/C24H30BrNO3/c1-2-3-4-5-6-7-8-19-9-11-20(12-10-19)22(18-26(28)29)17-24(27)21-13-15-23(25)16-14-21/h9-16,22H,2-8,17-18H2,1H3. The minimum absolute atomic E-state index is 0.0690.